The fourth-order valence-electron chi connectivity index (χ4n) is 1.90. The van der Waals surface area contributed by atoms with E-state index in [9.17, 15) is 5.26 Å². The minimum absolute atomic E-state index is 0.239. The zero-order chi connectivity index (χ0) is 16.9. The van der Waals surface area contributed by atoms with Crippen molar-refractivity contribution in [3.05, 3.63) is 68.4 Å². The lowest BCUT2D eigenvalue weighted by Gasteiger charge is -2.00. The van der Waals surface area contributed by atoms with Crippen LogP contribution in [0.3, 0.4) is 0 Å². The Bertz CT molecular complexity index is 911. The SMILES string of the molecule is N#C/C(=N\Nc1ccc(Br)cc1)c1nc(-c2ccc(Cl)cc2)cs1. The summed E-state index contributed by atoms with van der Waals surface area (Å²) < 4.78 is 0.977. The molecule has 1 aromatic heterocycles. The first-order valence-corrected chi connectivity index (χ1v) is 8.92. The number of halogens is 2. The molecule has 7 heteroatoms. The third kappa shape index (κ3) is 4.01. The highest BCUT2D eigenvalue weighted by Gasteiger charge is 2.10. The van der Waals surface area contributed by atoms with Crippen LogP contribution >= 0.6 is 38.9 Å². The van der Waals surface area contributed by atoms with E-state index in [0.717, 1.165) is 21.4 Å². The summed E-state index contributed by atoms with van der Waals surface area (Å²) in [5.74, 6) is 0. The Morgan fingerprint density at radius 1 is 1.17 bits per heavy atom. The molecule has 1 N–H and O–H groups in total. The van der Waals surface area contributed by atoms with Crippen molar-refractivity contribution < 1.29 is 0 Å². The molecule has 118 valence electrons. The van der Waals surface area contributed by atoms with Crippen molar-refractivity contribution in [2.45, 2.75) is 0 Å². The molecule has 0 radical (unpaired) electrons. The highest BCUT2D eigenvalue weighted by molar-refractivity contribution is 9.10. The fraction of sp³-hybridized carbons (Fsp3) is 0. The minimum Gasteiger partial charge on any atom is -0.277 e. The lowest BCUT2D eigenvalue weighted by molar-refractivity contribution is 1.31. The van der Waals surface area contributed by atoms with Gasteiger partial charge in [0.1, 0.15) is 6.07 Å². The number of hydrogen-bond acceptors (Lipinski definition) is 5. The van der Waals surface area contributed by atoms with Gasteiger partial charge in [0.15, 0.2) is 10.7 Å². The van der Waals surface area contributed by atoms with E-state index in [1.54, 1.807) is 0 Å². The van der Waals surface area contributed by atoms with Gasteiger partial charge < -0.3 is 0 Å². The van der Waals surface area contributed by atoms with Crippen molar-refractivity contribution in [2.75, 3.05) is 5.43 Å². The van der Waals surface area contributed by atoms with Crippen LogP contribution in [0.2, 0.25) is 5.02 Å². The quantitative estimate of drug-likeness (QED) is 0.446. The van der Waals surface area contributed by atoms with Crippen molar-refractivity contribution in [3.8, 4) is 17.3 Å². The predicted octanol–water partition coefficient (Wildman–Crippen LogP) is 5.57. The van der Waals surface area contributed by atoms with Gasteiger partial charge in [-0.15, -0.1) is 11.3 Å². The normalized spacial score (nSPS) is 11.1. The van der Waals surface area contributed by atoms with E-state index < -0.39 is 0 Å². The minimum atomic E-state index is 0.239. The number of rotatable bonds is 4. The summed E-state index contributed by atoms with van der Waals surface area (Å²) in [7, 11) is 0. The molecule has 0 atom stereocenters. The number of nitriles is 1. The van der Waals surface area contributed by atoms with Crippen molar-refractivity contribution in [2.24, 2.45) is 5.10 Å². The highest BCUT2D eigenvalue weighted by atomic mass is 79.9. The first-order chi connectivity index (χ1) is 11.7. The van der Waals surface area contributed by atoms with Gasteiger partial charge in [0.05, 0.1) is 11.4 Å². The monoisotopic (exact) mass is 416 g/mol. The Hall–Kier alpha value is -2.20. The summed E-state index contributed by atoms with van der Waals surface area (Å²) in [6.45, 7) is 0. The Labute approximate surface area is 156 Å². The van der Waals surface area contributed by atoms with E-state index >= 15 is 0 Å². The number of aromatic nitrogens is 1. The fourth-order valence-corrected chi connectivity index (χ4v) is 3.06. The highest BCUT2D eigenvalue weighted by Crippen LogP contribution is 2.24. The summed E-state index contributed by atoms with van der Waals surface area (Å²) in [5, 5.41) is 16.6. The molecule has 0 spiro atoms. The van der Waals surface area contributed by atoms with Crippen LogP contribution in [0.15, 0.2) is 63.5 Å². The van der Waals surface area contributed by atoms with Crippen LogP contribution in [0.4, 0.5) is 5.69 Å². The van der Waals surface area contributed by atoms with Crippen molar-refractivity contribution in [1.29, 1.82) is 5.26 Å². The van der Waals surface area contributed by atoms with E-state index in [4.69, 9.17) is 11.6 Å². The third-order valence-corrected chi connectivity index (χ3v) is 4.72. The molecule has 2 aromatic carbocycles. The van der Waals surface area contributed by atoms with E-state index in [1.807, 2.05) is 53.9 Å². The molecule has 3 rings (SSSR count). The van der Waals surface area contributed by atoms with E-state index in [-0.39, 0.29) is 5.71 Å². The number of hydrazone groups is 1. The van der Waals surface area contributed by atoms with Gasteiger partial charge >= 0.3 is 0 Å². The molecule has 1 heterocycles. The van der Waals surface area contributed by atoms with Gasteiger partial charge in [0.25, 0.3) is 0 Å². The van der Waals surface area contributed by atoms with Gasteiger partial charge in [0.2, 0.25) is 0 Å². The van der Waals surface area contributed by atoms with Crippen molar-refractivity contribution in [3.63, 3.8) is 0 Å². The predicted molar refractivity (Wildman–Crippen MR) is 102 cm³/mol. The van der Waals surface area contributed by atoms with Crippen LogP contribution in [0.1, 0.15) is 5.01 Å². The maximum atomic E-state index is 9.34. The lowest BCUT2D eigenvalue weighted by Crippen LogP contribution is -2.01. The number of nitrogens with zero attached hydrogens (tertiary/aromatic N) is 3. The number of anilines is 1. The Morgan fingerprint density at radius 2 is 1.88 bits per heavy atom. The van der Waals surface area contributed by atoms with Gasteiger partial charge in [0, 0.05) is 20.4 Å². The Balaban J connectivity index is 1.81. The second kappa shape index (κ2) is 7.58. The first-order valence-electron chi connectivity index (χ1n) is 6.87. The van der Waals surface area contributed by atoms with E-state index in [1.165, 1.54) is 11.3 Å². The number of nitrogens with one attached hydrogen (secondary N) is 1. The largest absolute Gasteiger partial charge is 0.277 e. The molecule has 0 fully saturated rings. The molecule has 0 saturated heterocycles. The molecule has 3 aromatic rings. The molecule has 0 aliphatic rings. The summed E-state index contributed by atoms with van der Waals surface area (Å²) in [5.41, 5.74) is 5.64. The Kier molecular flexibility index (Phi) is 5.26. The van der Waals surface area contributed by atoms with E-state index in [2.05, 4.69) is 37.5 Å². The van der Waals surface area contributed by atoms with Gasteiger partial charge in [-0.3, -0.25) is 5.43 Å². The van der Waals surface area contributed by atoms with Crippen molar-refractivity contribution in [1.82, 2.24) is 4.98 Å². The van der Waals surface area contributed by atoms with Gasteiger partial charge in [-0.25, -0.2) is 4.98 Å². The molecule has 0 aliphatic heterocycles. The van der Waals surface area contributed by atoms with Gasteiger partial charge in [-0.2, -0.15) is 10.4 Å². The maximum absolute atomic E-state index is 9.34. The first kappa shape index (κ1) is 16.7. The topological polar surface area (TPSA) is 61.1 Å². The Morgan fingerprint density at radius 3 is 2.54 bits per heavy atom. The molecule has 0 aliphatic carbocycles. The number of benzene rings is 2. The molecule has 0 unspecified atom stereocenters. The second-order valence-corrected chi connectivity index (χ2v) is 6.95. The van der Waals surface area contributed by atoms with Crippen LogP contribution in [0.25, 0.3) is 11.3 Å². The van der Waals surface area contributed by atoms with Gasteiger partial charge in [-0.1, -0.05) is 39.7 Å². The third-order valence-electron chi connectivity index (χ3n) is 3.09. The lowest BCUT2D eigenvalue weighted by atomic mass is 10.2. The van der Waals surface area contributed by atoms with Crippen molar-refractivity contribution >= 4 is 50.3 Å². The second-order valence-electron chi connectivity index (χ2n) is 4.74. The van der Waals surface area contributed by atoms with Crippen LogP contribution < -0.4 is 5.43 Å². The smallest absolute Gasteiger partial charge is 0.196 e. The molecule has 0 bridgehead atoms. The summed E-state index contributed by atoms with van der Waals surface area (Å²) in [6, 6.07) is 17.0. The average molecular weight is 418 g/mol. The van der Waals surface area contributed by atoms with Gasteiger partial charge in [-0.05, 0) is 36.4 Å². The number of thiazole rings is 1. The summed E-state index contributed by atoms with van der Waals surface area (Å²) >= 11 is 10.6. The zero-order valence-electron chi connectivity index (χ0n) is 12.2. The molecule has 24 heavy (non-hydrogen) atoms. The molecular formula is C17H10BrClN4S. The standard InChI is InChI=1S/C17H10BrClN4S/c18-12-3-7-14(8-4-12)22-23-15(9-20)17-21-16(10-24-17)11-1-5-13(19)6-2-11/h1-8,10,22H/b23-15+. The number of hydrogen-bond donors (Lipinski definition) is 1. The van der Waals surface area contributed by atoms with Crippen LogP contribution in [-0.2, 0) is 0 Å². The molecule has 0 amide bonds. The average Bonchev–Trinajstić information content (AvgIpc) is 3.08. The summed E-state index contributed by atoms with van der Waals surface area (Å²) in [4.78, 5) is 4.48. The molecular weight excluding hydrogens is 408 g/mol. The maximum Gasteiger partial charge on any atom is 0.196 e. The molecule has 4 nitrogen and oxygen atoms in total. The zero-order valence-corrected chi connectivity index (χ0v) is 15.4. The van der Waals surface area contributed by atoms with Crippen LogP contribution in [-0.4, -0.2) is 10.7 Å². The summed E-state index contributed by atoms with van der Waals surface area (Å²) in [6.07, 6.45) is 0. The molecule has 0 saturated carbocycles. The van der Waals surface area contributed by atoms with E-state index in [0.29, 0.717) is 10.0 Å². The van der Waals surface area contributed by atoms with Crippen LogP contribution in [0.5, 0.6) is 0 Å². The van der Waals surface area contributed by atoms with Crippen LogP contribution in [0, 0.1) is 11.3 Å².